The van der Waals surface area contributed by atoms with Gasteiger partial charge in [0.25, 0.3) is 0 Å². The van der Waals surface area contributed by atoms with Crippen LogP contribution in [0.25, 0.3) is 0 Å². The van der Waals surface area contributed by atoms with Crippen molar-refractivity contribution in [3.05, 3.63) is 17.2 Å². The first kappa shape index (κ1) is 9.83. The van der Waals surface area contributed by atoms with Gasteiger partial charge in [-0.1, -0.05) is 0 Å². The lowest BCUT2D eigenvalue weighted by atomic mass is 10.1. The predicted molar refractivity (Wildman–Crippen MR) is 54.1 cm³/mol. The normalized spacial score (nSPS) is 13.4. The van der Waals surface area contributed by atoms with Crippen LogP contribution in [0.1, 0.15) is 15.9 Å². The Morgan fingerprint density at radius 3 is 2.67 bits per heavy atom. The molecule has 0 radical (unpaired) electrons. The van der Waals surface area contributed by atoms with Crippen LogP contribution in [-0.2, 0) is 0 Å². The fraction of sp³-hybridized carbons (Fsp3) is 0.364. The Bertz CT molecular complexity index is 423. The second-order valence-corrected chi connectivity index (χ2v) is 3.32. The molecular weight excluding hydrogens is 196 g/mol. The van der Waals surface area contributed by atoms with Gasteiger partial charge in [0.1, 0.15) is 22.8 Å². The molecule has 0 aromatic heterocycles. The van der Waals surface area contributed by atoms with Gasteiger partial charge in [-0.3, -0.25) is 4.79 Å². The highest BCUT2D eigenvalue weighted by Gasteiger charge is 2.28. The van der Waals surface area contributed by atoms with Crippen LogP contribution < -0.4 is 14.2 Å². The number of Topliss-reactive ketones (excluding diaryl/α,β-unsaturated/α-hetero) is 1. The van der Waals surface area contributed by atoms with E-state index in [9.17, 15) is 4.79 Å². The van der Waals surface area contributed by atoms with Crippen molar-refractivity contribution >= 4 is 5.78 Å². The molecule has 2 rings (SSSR count). The van der Waals surface area contributed by atoms with Gasteiger partial charge in [0.15, 0.2) is 6.61 Å². The lowest BCUT2D eigenvalue weighted by Crippen LogP contribution is -2.02. The van der Waals surface area contributed by atoms with Gasteiger partial charge in [0.2, 0.25) is 5.78 Å². The van der Waals surface area contributed by atoms with Crippen LogP contribution in [0.4, 0.5) is 0 Å². The number of hydrogen-bond acceptors (Lipinski definition) is 4. The highest BCUT2D eigenvalue weighted by molar-refractivity contribution is 6.05. The predicted octanol–water partition coefficient (Wildman–Crippen LogP) is 1.59. The van der Waals surface area contributed by atoms with Crippen LogP contribution in [-0.4, -0.2) is 26.6 Å². The third kappa shape index (κ3) is 1.33. The van der Waals surface area contributed by atoms with Gasteiger partial charge in [-0.05, 0) is 6.92 Å². The summed E-state index contributed by atoms with van der Waals surface area (Å²) >= 11 is 0. The lowest BCUT2D eigenvalue weighted by molar-refractivity contribution is 0.0959. The molecule has 0 atom stereocenters. The first-order valence-corrected chi connectivity index (χ1v) is 4.60. The van der Waals surface area contributed by atoms with Gasteiger partial charge in [-0.25, -0.2) is 0 Å². The molecule has 0 saturated carbocycles. The van der Waals surface area contributed by atoms with Crippen molar-refractivity contribution in [1.29, 1.82) is 0 Å². The van der Waals surface area contributed by atoms with Crippen molar-refractivity contribution in [3.63, 3.8) is 0 Å². The minimum Gasteiger partial charge on any atom is -0.496 e. The number of carbonyl (C=O) groups is 1. The molecule has 4 nitrogen and oxygen atoms in total. The molecule has 0 amide bonds. The van der Waals surface area contributed by atoms with Crippen LogP contribution in [0.5, 0.6) is 17.2 Å². The Kier molecular flexibility index (Phi) is 2.26. The number of methoxy groups -OCH3 is 2. The molecule has 1 aliphatic heterocycles. The van der Waals surface area contributed by atoms with Crippen molar-refractivity contribution in [3.8, 4) is 17.2 Å². The Hall–Kier alpha value is -1.71. The topological polar surface area (TPSA) is 44.8 Å². The number of ketones is 1. The molecule has 15 heavy (non-hydrogen) atoms. The van der Waals surface area contributed by atoms with E-state index in [1.54, 1.807) is 13.2 Å². The second kappa shape index (κ2) is 3.46. The van der Waals surface area contributed by atoms with Crippen LogP contribution in [0.3, 0.4) is 0 Å². The van der Waals surface area contributed by atoms with Crippen molar-refractivity contribution < 1.29 is 19.0 Å². The van der Waals surface area contributed by atoms with Gasteiger partial charge in [-0.15, -0.1) is 0 Å². The maximum Gasteiger partial charge on any atom is 0.207 e. The van der Waals surface area contributed by atoms with Gasteiger partial charge >= 0.3 is 0 Å². The summed E-state index contributed by atoms with van der Waals surface area (Å²) in [6, 6.07) is 1.72. The zero-order valence-electron chi connectivity index (χ0n) is 8.92. The van der Waals surface area contributed by atoms with E-state index in [2.05, 4.69) is 0 Å². The zero-order chi connectivity index (χ0) is 11.0. The van der Waals surface area contributed by atoms with Crippen molar-refractivity contribution in [2.45, 2.75) is 6.92 Å². The number of rotatable bonds is 2. The fourth-order valence-electron chi connectivity index (χ4n) is 1.77. The van der Waals surface area contributed by atoms with E-state index in [0.717, 1.165) is 5.56 Å². The molecule has 1 aliphatic rings. The first-order valence-electron chi connectivity index (χ1n) is 4.60. The van der Waals surface area contributed by atoms with Crippen LogP contribution in [0, 0.1) is 6.92 Å². The largest absolute Gasteiger partial charge is 0.496 e. The minimum absolute atomic E-state index is 0.0485. The van der Waals surface area contributed by atoms with Crippen LogP contribution in [0.2, 0.25) is 0 Å². The highest BCUT2D eigenvalue weighted by atomic mass is 16.5. The molecular formula is C11H12O4. The summed E-state index contributed by atoms with van der Waals surface area (Å²) in [7, 11) is 3.11. The summed E-state index contributed by atoms with van der Waals surface area (Å²) in [6.07, 6.45) is 0. The maximum atomic E-state index is 11.6. The van der Waals surface area contributed by atoms with E-state index in [4.69, 9.17) is 14.2 Å². The molecule has 0 fully saturated rings. The second-order valence-electron chi connectivity index (χ2n) is 3.32. The summed E-state index contributed by atoms with van der Waals surface area (Å²) < 4.78 is 15.6. The van der Waals surface area contributed by atoms with E-state index in [0.29, 0.717) is 22.8 Å². The van der Waals surface area contributed by atoms with Crippen molar-refractivity contribution in [2.24, 2.45) is 0 Å². The lowest BCUT2D eigenvalue weighted by Gasteiger charge is -2.12. The van der Waals surface area contributed by atoms with Crippen molar-refractivity contribution in [1.82, 2.24) is 0 Å². The van der Waals surface area contributed by atoms with Gasteiger partial charge in [0, 0.05) is 11.6 Å². The number of ether oxygens (including phenoxy) is 3. The standard InChI is InChI=1S/C11H12O4/c1-6-8(13-2)4-9-10(11(6)14-3)7(12)5-15-9/h4H,5H2,1-3H3. The van der Waals surface area contributed by atoms with Crippen molar-refractivity contribution in [2.75, 3.05) is 20.8 Å². The summed E-state index contributed by atoms with van der Waals surface area (Å²) in [4.78, 5) is 11.6. The minimum atomic E-state index is -0.0485. The molecule has 0 spiro atoms. The molecule has 0 N–H and O–H groups in total. The smallest absolute Gasteiger partial charge is 0.207 e. The molecule has 1 aromatic carbocycles. The molecule has 0 aliphatic carbocycles. The average Bonchev–Trinajstić information content (AvgIpc) is 2.60. The van der Waals surface area contributed by atoms with E-state index >= 15 is 0 Å². The monoisotopic (exact) mass is 208 g/mol. The third-order valence-corrected chi connectivity index (χ3v) is 2.51. The molecule has 0 unspecified atom stereocenters. The number of carbonyl (C=O) groups excluding carboxylic acids is 1. The first-order chi connectivity index (χ1) is 7.19. The quantitative estimate of drug-likeness (QED) is 0.740. The Morgan fingerprint density at radius 1 is 1.33 bits per heavy atom. The number of hydrogen-bond donors (Lipinski definition) is 0. The van der Waals surface area contributed by atoms with E-state index in [-0.39, 0.29) is 12.4 Å². The Morgan fingerprint density at radius 2 is 2.07 bits per heavy atom. The summed E-state index contributed by atoms with van der Waals surface area (Å²) in [5, 5.41) is 0. The fourth-order valence-corrected chi connectivity index (χ4v) is 1.77. The van der Waals surface area contributed by atoms with Crippen LogP contribution >= 0.6 is 0 Å². The molecule has 1 heterocycles. The molecule has 0 saturated heterocycles. The third-order valence-electron chi connectivity index (χ3n) is 2.51. The summed E-state index contributed by atoms with van der Waals surface area (Å²) in [5.41, 5.74) is 1.34. The van der Waals surface area contributed by atoms with E-state index in [1.165, 1.54) is 7.11 Å². The SMILES string of the molecule is COc1cc2c(c(OC)c1C)C(=O)CO2. The molecule has 0 bridgehead atoms. The Balaban J connectivity index is 2.69. The van der Waals surface area contributed by atoms with Crippen LogP contribution in [0.15, 0.2) is 6.07 Å². The zero-order valence-corrected chi connectivity index (χ0v) is 8.92. The number of fused-ring (bicyclic) bond motifs is 1. The maximum absolute atomic E-state index is 11.6. The number of benzene rings is 1. The van der Waals surface area contributed by atoms with E-state index < -0.39 is 0 Å². The molecule has 4 heteroatoms. The van der Waals surface area contributed by atoms with E-state index in [1.807, 2.05) is 6.92 Å². The average molecular weight is 208 g/mol. The molecule has 1 aromatic rings. The summed E-state index contributed by atoms with van der Waals surface area (Å²) in [5.74, 6) is 1.71. The summed E-state index contributed by atoms with van der Waals surface area (Å²) in [6.45, 7) is 1.93. The van der Waals surface area contributed by atoms with Gasteiger partial charge in [0.05, 0.1) is 14.2 Å². The Labute approximate surface area is 87.8 Å². The highest BCUT2D eigenvalue weighted by Crippen LogP contribution is 2.41. The van der Waals surface area contributed by atoms with Gasteiger partial charge in [-0.2, -0.15) is 0 Å². The molecule has 80 valence electrons. The van der Waals surface area contributed by atoms with Gasteiger partial charge < -0.3 is 14.2 Å².